The van der Waals surface area contributed by atoms with Crippen LogP contribution in [-0.4, -0.2) is 30.0 Å². The van der Waals surface area contributed by atoms with E-state index in [4.69, 9.17) is 4.74 Å². The standard InChI is InChI=1S/C17H23N3O2/c1-12-5-6-15(13(2)9-12)16-10-14(11-18-7-8-22-4)17(21)20(3)19-16/h5-6,9-10,18H,7-8,11H2,1-4H3. The number of benzene rings is 1. The van der Waals surface area contributed by atoms with Crippen molar-refractivity contribution >= 4 is 0 Å². The Morgan fingerprint density at radius 3 is 2.73 bits per heavy atom. The van der Waals surface area contributed by atoms with Crippen molar-refractivity contribution in [2.45, 2.75) is 20.4 Å². The zero-order valence-corrected chi connectivity index (χ0v) is 13.6. The van der Waals surface area contributed by atoms with Gasteiger partial charge in [-0.3, -0.25) is 4.79 Å². The van der Waals surface area contributed by atoms with Gasteiger partial charge in [-0.15, -0.1) is 0 Å². The summed E-state index contributed by atoms with van der Waals surface area (Å²) in [5, 5.41) is 7.60. The van der Waals surface area contributed by atoms with Crippen LogP contribution in [0.4, 0.5) is 0 Å². The number of nitrogens with zero attached hydrogens (tertiary/aromatic N) is 2. The topological polar surface area (TPSA) is 56.1 Å². The van der Waals surface area contributed by atoms with Crippen LogP contribution in [0.3, 0.4) is 0 Å². The molecule has 0 aliphatic rings. The van der Waals surface area contributed by atoms with E-state index in [1.165, 1.54) is 10.2 Å². The van der Waals surface area contributed by atoms with E-state index >= 15 is 0 Å². The van der Waals surface area contributed by atoms with Gasteiger partial charge in [-0.05, 0) is 25.5 Å². The van der Waals surface area contributed by atoms with Crippen LogP contribution < -0.4 is 10.9 Å². The van der Waals surface area contributed by atoms with E-state index in [0.29, 0.717) is 25.3 Å². The van der Waals surface area contributed by atoms with Gasteiger partial charge in [-0.25, -0.2) is 4.68 Å². The van der Waals surface area contributed by atoms with E-state index < -0.39 is 0 Å². The fraction of sp³-hybridized carbons (Fsp3) is 0.412. The molecule has 0 saturated heterocycles. The number of ether oxygens (including phenoxy) is 1. The average Bonchev–Trinajstić information content (AvgIpc) is 2.47. The summed E-state index contributed by atoms with van der Waals surface area (Å²) in [6, 6.07) is 8.11. The maximum atomic E-state index is 12.2. The first-order chi connectivity index (χ1) is 10.5. The van der Waals surface area contributed by atoms with Gasteiger partial charge in [0.15, 0.2) is 0 Å². The molecule has 1 aromatic carbocycles. The monoisotopic (exact) mass is 301 g/mol. The van der Waals surface area contributed by atoms with E-state index in [1.54, 1.807) is 14.2 Å². The molecule has 0 aliphatic heterocycles. The summed E-state index contributed by atoms with van der Waals surface area (Å²) in [6.07, 6.45) is 0. The predicted molar refractivity (Wildman–Crippen MR) is 88.0 cm³/mol. The summed E-state index contributed by atoms with van der Waals surface area (Å²) >= 11 is 0. The van der Waals surface area contributed by atoms with Crippen LogP contribution in [0.15, 0.2) is 29.1 Å². The normalized spacial score (nSPS) is 10.9. The molecule has 1 heterocycles. The highest BCUT2D eigenvalue weighted by Crippen LogP contribution is 2.22. The second-order valence-electron chi connectivity index (χ2n) is 5.47. The second kappa shape index (κ2) is 7.33. The highest BCUT2D eigenvalue weighted by atomic mass is 16.5. The average molecular weight is 301 g/mol. The number of methoxy groups -OCH3 is 1. The molecule has 0 aliphatic carbocycles. The number of aryl methyl sites for hydroxylation is 3. The molecule has 0 spiro atoms. The van der Waals surface area contributed by atoms with Crippen molar-refractivity contribution in [2.24, 2.45) is 7.05 Å². The molecular formula is C17H23N3O2. The highest BCUT2D eigenvalue weighted by molar-refractivity contribution is 5.64. The van der Waals surface area contributed by atoms with Crippen LogP contribution >= 0.6 is 0 Å². The third-order valence-electron chi connectivity index (χ3n) is 3.59. The molecular weight excluding hydrogens is 278 g/mol. The fourth-order valence-electron chi connectivity index (χ4n) is 2.43. The summed E-state index contributed by atoms with van der Waals surface area (Å²) in [4.78, 5) is 12.2. The summed E-state index contributed by atoms with van der Waals surface area (Å²) in [7, 11) is 3.35. The van der Waals surface area contributed by atoms with E-state index in [1.807, 2.05) is 6.07 Å². The maximum Gasteiger partial charge on any atom is 0.271 e. The lowest BCUT2D eigenvalue weighted by molar-refractivity contribution is 0.199. The molecule has 1 aromatic heterocycles. The Kier molecular flexibility index (Phi) is 5.46. The van der Waals surface area contributed by atoms with Crippen LogP contribution in [0.5, 0.6) is 0 Å². The van der Waals surface area contributed by atoms with E-state index in [0.717, 1.165) is 16.8 Å². The van der Waals surface area contributed by atoms with Crippen molar-refractivity contribution < 1.29 is 4.74 Å². The molecule has 0 bridgehead atoms. The molecule has 0 atom stereocenters. The summed E-state index contributed by atoms with van der Waals surface area (Å²) in [5.41, 5.74) is 4.89. The van der Waals surface area contributed by atoms with Gasteiger partial charge in [-0.1, -0.05) is 23.8 Å². The van der Waals surface area contributed by atoms with Crippen LogP contribution in [0.25, 0.3) is 11.3 Å². The third-order valence-corrected chi connectivity index (χ3v) is 3.59. The molecule has 22 heavy (non-hydrogen) atoms. The maximum absolute atomic E-state index is 12.2. The predicted octanol–water partition coefficient (Wildman–Crippen LogP) is 1.80. The van der Waals surface area contributed by atoms with E-state index in [2.05, 4.69) is 42.5 Å². The Hall–Kier alpha value is -1.98. The Morgan fingerprint density at radius 1 is 1.27 bits per heavy atom. The van der Waals surface area contributed by atoms with Crippen molar-refractivity contribution in [3.05, 3.63) is 51.3 Å². The first-order valence-electron chi connectivity index (χ1n) is 7.37. The van der Waals surface area contributed by atoms with E-state index in [9.17, 15) is 4.79 Å². The van der Waals surface area contributed by atoms with Crippen molar-refractivity contribution in [2.75, 3.05) is 20.3 Å². The van der Waals surface area contributed by atoms with Gasteiger partial charge in [0.05, 0.1) is 12.3 Å². The van der Waals surface area contributed by atoms with Gasteiger partial charge < -0.3 is 10.1 Å². The first-order valence-corrected chi connectivity index (χ1v) is 7.37. The van der Waals surface area contributed by atoms with Gasteiger partial charge in [0.25, 0.3) is 5.56 Å². The Balaban J connectivity index is 2.33. The van der Waals surface area contributed by atoms with E-state index in [-0.39, 0.29) is 5.56 Å². The first kappa shape index (κ1) is 16.4. The lowest BCUT2D eigenvalue weighted by atomic mass is 10.0. The molecule has 0 unspecified atom stereocenters. The van der Waals surface area contributed by atoms with Gasteiger partial charge in [-0.2, -0.15) is 5.10 Å². The lowest BCUT2D eigenvalue weighted by Crippen LogP contribution is -2.28. The fourth-order valence-corrected chi connectivity index (χ4v) is 2.43. The quantitative estimate of drug-likeness (QED) is 0.827. The zero-order chi connectivity index (χ0) is 16.1. The Bertz CT molecular complexity index is 708. The Morgan fingerprint density at radius 2 is 2.05 bits per heavy atom. The molecule has 5 heteroatoms. The Labute approximate surface area is 130 Å². The highest BCUT2D eigenvalue weighted by Gasteiger charge is 2.10. The molecule has 1 N–H and O–H groups in total. The number of rotatable bonds is 6. The van der Waals surface area contributed by atoms with Gasteiger partial charge in [0.2, 0.25) is 0 Å². The minimum absolute atomic E-state index is 0.0709. The molecule has 0 fully saturated rings. The second-order valence-corrected chi connectivity index (χ2v) is 5.47. The molecule has 0 radical (unpaired) electrons. The summed E-state index contributed by atoms with van der Waals surface area (Å²) in [5.74, 6) is 0. The van der Waals surface area contributed by atoms with Crippen LogP contribution in [0, 0.1) is 13.8 Å². The summed E-state index contributed by atoms with van der Waals surface area (Å²) in [6.45, 7) is 5.97. The number of nitrogens with one attached hydrogen (secondary N) is 1. The van der Waals surface area contributed by atoms with Crippen LogP contribution in [0.2, 0.25) is 0 Å². The van der Waals surface area contributed by atoms with Crippen molar-refractivity contribution in [1.29, 1.82) is 0 Å². The zero-order valence-electron chi connectivity index (χ0n) is 13.6. The molecule has 0 saturated carbocycles. The molecule has 2 aromatic rings. The minimum atomic E-state index is -0.0709. The van der Waals surface area contributed by atoms with Gasteiger partial charge in [0.1, 0.15) is 0 Å². The SMILES string of the molecule is COCCNCc1cc(-c2ccc(C)cc2C)nn(C)c1=O. The molecule has 5 nitrogen and oxygen atoms in total. The number of hydrogen-bond acceptors (Lipinski definition) is 4. The van der Waals surface area contributed by atoms with Crippen molar-refractivity contribution in [3.63, 3.8) is 0 Å². The van der Waals surface area contributed by atoms with Crippen molar-refractivity contribution in [1.82, 2.24) is 15.1 Å². The van der Waals surface area contributed by atoms with Crippen molar-refractivity contribution in [3.8, 4) is 11.3 Å². The van der Waals surface area contributed by atoms with Gasteiger partial charge >= 0.3 is 0 Å². The largest absolute Gasteiger partial charge is 0.383 e. The number of hydrogen-bond donors (Lipinski definition) is 1. The summed E-state index contributed by atoms with van der Waals surface area (Å²) < 4.78 is 6.40. The minimum Gasteiger partial charge on any atom is -0.383 e. The van der Waals surface area contributed by atoms with Crippen LogP contribution in [0.1, 0.15) is 16.7 Å². The molecule has 0 amide bonds. The van der Waals surface area contributed by atoms with Gasteiger partial charge in [0, 0.05) is 38.4 Å². The number of aromatic nitrogens is 2. The third kappa shape index (κ3) is 3.81. The smallest absolute Gasteiger partial charge is 0.271 e. The van der Waals surface area contributed by atoms with Crippen LogP contribution in [-0.2, 0) is 18.3 Å². The molecule has 2 rings (SSSR count). The lowest BCUT2D eigenvalue weighted by Gasteiger charge is -2.11. The molecule has 118 valence electrons.